The molecule has 0 radical (unpaired) electrons. The number of carbonyl (C=O) groups excluding carboxylic acids is 3. The van der Waals surface area contributed by atoms with E-state index in [4.69, 9.17) is 24.7 Å². The van der Waals surface area contributed by atoms with Crippen molar-refractivity contribution in [3.63, 3.8) is 0 Å². The number of ether oxygens (including phenoxy) is 4. The molecule has 2 rings (SSSR count). The lowest BCUT2D eigenvalue weighted by atomic mass is 10.2. The highest BCUT2D eigenvalue weighted by Gasteiger charge is 2.07. The second-order valence-corrected chi connectivity index (χ2v) is 6.11. The number of amides is 2. The van der Waals surface area contributed by atoms with Crippen LogP contribution < -0.4 is 25.3 Å². The van der Waals surface area contributed by atoms with E-state index >= 15 is 0 Å². The number of nitrogens with two attached hydrogens (primary N) is 1. The number of primary amides is 1. The summed E-state index contributed by atoms with van der Waals surface area (Å²) >= 11 is 0. The number of rotatable bonds is 11. The Labute approximate surface area is 179 Å². The molecule has 3 N–H and O–H groups in total. The van der Waals surface area contributed by atoms with Crippen LogP contribution in [0, 0.1) is 0 Å². The molecule has 0 bridgehead atoms. The number of benzene rings is 2. The molecule has 2 aromatic carbocycles. The molecule has 9 heteroatoms. The van der Waals surface area contributed by atoms with Crippen molar-refractivity contribution in [1.29, 1.82) is 0 Å². The Morgan fingerprint density at radius 1 is 1.03 bits per heavy atom. The fraction of sp³-hybridized carbons (Fsp3) is 0.227. The summed E-state index contributed by atoms with van der Waals surface area (Å²) in [5.74, 6) is -0.251. The van der Waals surface area contributed by atoms with E-state index < -0.39 is 11.9 Å². The van der Waals surface area contributed by atoms with Crippen LogP contribution in [-0.2, 0) is 19.1 Å². The van der Waals surface area contributed by atoms with E-state index in [1.807, 2.05) is 0 Å². The molecule has 9 nitrogen and oxygen atoms in total. The van der Waals surface area contributed by atoms with Crippen molar-refractivity contribution >= 4 is 29.5 Å². The van der Waals surface area contributed by atoms with Crippen LogP contribution in [0.2, 0.25) is 0 Å². The van der Waals surface area contributed by atoms with Gasteiger partial charge < -0.3 is 30.0 Å². The number of methoxy groups -OCH3 is 1. The highest BCUT2D eigenvalue weighted by Crippen LogP contribution is 2.28. The summed E-state index contributed by atoms with van der Waals surface area (Å²) < 4.78 is 20.6. The zero-order chi connectivity index (χ0) is 22.6. The third-order valence-corrected chi connectivity index (χ3v) is 3.75. The molecule has 0 unspecified atom stereocenters. The van der Waals surface area contributed by atoms with E-state index in [-0.39, 0.29) is 25.7 Å². The Balaban J connectivity index is 1.97. The van der Waals surface area contributed by atoms with Crippen molar-refractivity contribution in [2.75, 3.05) is 32.2 Å². The Bertz CT molecular complexity index is 957. The predicted molar refractivity (Wildman–Crippen MR) is 114 cm³/mol. The lowest BCUT2D eigenvalue weighted by Gasteiger charge is -2.10. The molecule has 31 heavy (non-hydrogen) atoms. The molecule has 164 valence electrons. The van der Waals surface area contributed by atoms with E-state index in [1.54, 1.807) is 55.5 Å². The lowest BCUT2D eigenvalue weighted by molar-refractivity contribution is -0.145. The van der Waals surface area contributed by atoms with Gasteiger partial charge in [-0.05, 0) is 42.8 Å². The van der Waals surface area contributed by atoms with Crippen LogP contribution in [-0.4, -0.2) is 44.7 Å². The Kier molecular flexibility index (Phi) is 8.90. The first-order valence-electron chi connectivity index (χ1n) is 9.38. The normalized spacial score (nSPS) is 10.4. The monoisotopic (exact) mass is 428 g/mol. The minimum Gasteiger partial charge on any atom is -0.493 e. The highest BCUT2D eigenvalue weighted by molar-refractivity contribution is 6.02. The van der Waals surface area contributed by atoms with Crippen molar-refractivity contribution in [2.24, 2.45) is 5.73 Å². The van der Waals surface area contributed by atoms with E-state index in [2.05, 4.69) is 5.32 Å². The molecule has 0 spiro atoms. The minimum absolute atomic E-state index is 0.216. The number of hydrogen-bond acceptors (Lipinski definition) is 7. The summed E-state index contributed by atoms with van der Waals surface area (Å²) in [6, 6.07) is 11.6. The first-order chi connectivity index (χ1) is 14.9. The van der Waals surface area contributed by atoms with Gasteiger partial charge in [0.1, 0.15) is 5.75 Å². The average molecular weight is 428 g/mol. The Morgan fingerprint density at radius 2 is 1.84 bits per heavy atom. The maximum absolute atomic E-state index is 12.2. The quantitative estimate of drug-likeness (QED) is 0.415. The van der Waals surface area contributed by atoms with Gasteiger partial charge in [0.05, 0.1) is 13.7 Å². The molecule has 2 aromatic rings. The van der Waals surface area contributed by atoms with Crippen LogP contribution in [0.3, 0.4) is 0 Å². The first kappa shape index (κ1) is 23.3. The maximum Gasteiger partial charge on any atom is 0.344 e. The number of hydrogen-bond donors (Lipinski definition) is 2. The van der Waals surface area contributed by atoms with Crippen LogP contribution >= 0.6 is 0 Å². The number of carbonyl (C=O) groups is 3. The van der Waals surface area contributed by atoms with E-state index in [9.17, 15) is 14.4 Å². The van der Waals surface area contributed by atoms with Crippen LogP contribution in [0.15, 0.2) is 48.5 Å². The third-order valence-electron chi connectivity index (χ3n) is 3.75. The first-order valence-corrected chi connectivity index (χ1v) is 9.38. The van der Waals surface area contributed by atoms with Crippen LogP contribution in [0.1, 0.15) is 12.5 Å². The molecule has 0 aromatic heterocycles. The van der Waals surface area contributed by atoms with Gasteiger partial charge in [-0.3, -0.25) is 9.59 Å². The molecule has 0 aliphatic carbocycles. The second kappa shape index (κ2) is 11.9. The number of esters is 1. The van der Waals surface area contributed by atoms with Gasteiger partial charge in [-0.15, -0.1) is 0 Å². The summed E-state index contributed by atoms with van der Waals surface area (Å²) in [6.07, 6.45) is 2.95. The van der Waals surface area contributed by atoms with Crippen molar-refractivity contribution in [3.8, 4) is 17.2 Å². The van der Waals surface area contributed by atoms with E-state index in [0.29, 0.717) is 28.5 Å². The molecule has 0 atom stereocenters. The zero-order valence-corrected chi connectivity index (χ0v) is 17.3. The van der Waals surface area contributed by atoms with E-state index in [1.165, 1.54) is 13.2 Å². The standard InChI is InChI=1S/C22H24N2O7/c1-3-29-22(27)14-30-17-6-4-5-16(12-17)24-21(26)10-8-15-7-9-18(19(11-15)28-2)31-13-20(23)25/h4-12H,3,13-14H2,1-2H3,(H2,23,25)(H,24,26)/b10-8+. The van der Waals surface area contributed by atoms with E-state index in [0.717, 1.165) is 0 Å². The third kappa shape index (κ3) is 8.09. The molecule has 0 heterocycles. The van der Waals surface area contributed by atoms with Crippen LogP contribution in [0.5, 0.6) is 17.2 Å². The molecule has 0 aliphatic rings. The topological polar surface area (TPSA) is 126 Å². The maximum atomic E-state index is 12.2. The van der Waals surface area contributed by atoms with Crippen molar-refractivity contribution in [1.82, 2.24) is 0 Å². The van der Waals surface area contributed by atoms with Crippen LogP contribution in [0.25, 0.3) is 6.08 Å². The van der Waals surface area contributed by atoms with Gasteiger partial charge in [-0.25, -0.2) is 4.79 Å². The van der Waals surface area contributed by atoms with Crippen molar-refractivity contribution in [3.05, 3.63) is 54.1 Å². The second-order valence-electron chi connectivity index (χ2n) is 6.11. The summed E-state index contributed by atoms with van der Waals surface area (Å²) in [7, 11) is 1.46. The van der Waals surface area contributed by atoms with Gasteiger partial charge in [-0.2, -0.15) is 0 Å². The number of nitrogens with one attached hydrogen (secondary N) is 1. The Morgan fingerprint density at radius 3 is 2.55 bits per heavy atom. The summed E-state index contributed by atoms with van der Waals surface area (Å²) in [4.78, 5) is 34.4. The summed E-state index contributed by atoms with van der Waals surface area (Å²) in [5, 5.41) is 2.71. The van der Waals surface area contributed by atoms with Gasteiger partial charge >= 0.3 is 5.97 Å². The molecular weight excluding hydrogens is 404 g/mol. The Hall–Kier alpha value is -4.01. The molecule has 0 aliphatic heterocycles. The molecule has 2 amide bonds. The highest BCUT2D eigenvalue weighted by atomic mass is 16.6. The summed E-state index contributed by atoms with van der Waals surface area (Å²) in [5.41, 5.74) is 6.26. The number of anilines is 1. The predicted octanol–water partition coefficient (Wildman–Crippen LogP) is 2.15. The zero-order valence-electron chi connectivity index (χ0n) is 17.3. The fourth-order valence-electron chi connectivity index (χ4n) is 2.42. The molecule has 0 saturated carbocycles. The van der Waals surface area contributed by atoms with Gasteiger partial charge in [-0.1, -0.05) is 12.1 Å². The largest absolute Gasteiger partial charge is 0.493 e. The summed E-state index contributed by atoms with van der Waals surface area (Å²) in [6.45, 7) is 1.51. The van der Waals surface area contributed by atoms with Crippen LogP contribution in [0.4, 0.5) is 5.69 Å². The smallest absolute Gasteiger partial charge is 0.344 e. The SMILES string of the molecule is CCOC(=O)COc1cccc(NC(=O)/C=C/c2ccc(OCC(N)=O)c(OC)c2)c1. The molecular formula is C22H24N2O7. The van der Waals surface area contributed by atoms with Gasteiger partial charge in [0.15, 0.2) is 24.7 Å². The van der Waals surface area contributed by atoms with Gasteiger partial charge in [0.2, 0.25) is 5.91 Å². The lowest BCUT2D eigenvalue weighted by Crippen LogP contribution is -2.20. The van der Waals surface area contributed by atoms with Gasteiger partial charge in [0, 0.05) is 17.8 Å². The van der Waals surface area contributed by atoms with Gasteiger partial charge in [0.25, 0.3) is 5.91 Å². The molecule has 0 saturated heterocycles. The fourth-order valence-corrected chi connectivity index (χ4v) is 2.42. The minimum atomic E-state index is -0.599. The molecule has 0 fully saturated rings. The van der Waals surface area contributed by atoms with Crippen molar-refractivity contribution in [2.45, 2.75) is 6.92 Å². The average Bonchev–Trinajstić information content (AvgIpc) is 2.75. The van der Waals surface area contributed by atoms with Crippen molar-refractivity contribution < 1.29 is 33.3 Å².